The summed E-state index contributed by atoms with van der Waals surface area (Å²) in [5.74, 6) is -0.0615. The Labute approximate surface area is 105 Å². The average Bonchev–Trinajstić information content (AvgIpc) is 2.67. The number of hydrogen-bond acceptors (Lipinski definition) is 4. The van der Waals surface area contributed by atoms with Gasteiger partial charge in [0.25, 0.3) is 0 Å². The van der Waals surface area contributed by atoms with Crippen molar-refractivity contribution >= 4 is 28.1 Å². The summed E-state index contributed by atoms with van der Waals surface area (Å²) in [6.07, 6.45) is 0. The number of benzene rings is 1. The highest BCUT2D eigenvalue weighted by molar-refractivity contribution is 7.13. The molecule has 0 amide bonds. The topological polar surface area (TPSA) is 48.1 Å². The Kier molecular flexibility index (Phi) is 3.44. The van der Waals surface area contributed by atoms with Crippen LogP contribution in [0.15, 0.2) is 23.6 Å². The molecule has 0 spiro atoms. The SMILES string of the molecule is Nc1nc(-c2ccc(OC(F)F)c(Cl)c2)cs1. The summed E-state index contributed by atoms with van der Waals surface area (Å²) in [4.78, 5) is 4.06. The van der Waals surface area contributed by atoms with Crippen LogP contribution < -0.4 is 10.5 Å². The van der Waals surface area contributed by atoms with Crippen LogP contribution in [-0.4, -0.2) is 11.6 Å². The van der Waals surface area contributed by atoms with E-state index in [1.807, 2.05) is 0 Å². The normalized spacial score (nSPS) is 10.8. The molecule has 0 aliphatic carbocycles. The Morgan fingerprint density at radius 2 is 2.18 bits per heavy atom. The van der Waals surface area contributed by atoms with Crippen molar-refractivity contribution in [3.63, 3.8) is 0 Å². The quantitative estimate of drug-likeness (QED) is 0.931. The largest absolute Gasteiger partial charge is 0.433 e. The Balaban J connectivity index is 2.30. The molecule has 0 saturated heterocycles. The average molecular weight is 277 g/mol. The molecule has 1 aromatic carbocycles. The van der Waals surface area contributed by atoms with Crippen molar-refractivity contribution < 1.29 is 13.5 Å². The van der Waals surface area contributed by atoms with Gasteiger partial charge in [0.15, 0.2) is 5.13 Å². The van der Waals surface area contributed by atoms with Crippen LogP contribution in [0.1, 0.15) is 0 Å². The number of ether oxygens (including phenoxy) is 1. The second-order valence-electron chi connectivity index (χ2n) is 3.09. The van der Waals surface area contributed by atoms with E-state index in [-0.39, 0.29) is 10.8 Å². The molecule has 1 heterocycles. The predicted molar refractivity (Wildman–Crippen MR) is 63.6 cm³/mol. The second-order valence-corrected chi connectivity index (χ2v) is 4.39. The minimum absolute atomic E-state index is 0.0615. The summed E-state index contributed by atoms with van der Waals surface area (Å²) < 4.78 is 28.3. The Morgan fingerprint density at radius 1 is 1.41 bits per heavy atom. The molecule has 0 aliphatic rings. The van der Waals surface area contributed by atoms with Gasteiger partial charge in [0, 0.05) is 10.9 Å². The number of nitrogens with zero attached hydrogens (tertiary/aromatic N) is 1. The molecule has 0 aliphatic heterocycles. The van der Waals surface area contributed by atoms with Crippen LogP contribution in [0.3, 0.4) is 0 Å². The molecule has 0 saturated carbocycles. The van der Waals surface area contributed by atoms with Crippen molar-refractivity contribution in [1.29, 1.82) is 0 Å². The minimum atomic E-state index is -2.90. The molecular weight excluding hydrogens is 270 g/mol. The fraction of sp³-hybridized carbons (Fsp3) is 0.100. The van der Waals surface area contributed by atoms with Crippen LogP contribution in [0, 0.1) is 0 Å². The number of alkyl halides is 2. The van der Waals surface area contributed by atoms with Gasteiger partial charge in [0.05, 0.1) is 10.7 Å². The van der Waals surface area contributed by atoms with E-state index in [0.717, 1.165) is 0 Å². The van der Waals surface area contributed by atoms with E-state index in [4.69, 9.17) is 17.3 Å². The van der Waals surface area contributed by atoms with Crippen LogP contribution in [0.4, 0.5) is 13.9 Å². The van der Waals surface area contributed by atoms with E-state index in [9.17, 15) is 8.78 Å². The monoisotopic (exact) mass is 276 g/mol. The van der Waals surface area contributed by atoms with Crippen molar-refractivity contribution in [1.82, 2.24) is 4.98 Å². The lowest BCUT2D eigenvalue weighted by atomic mass is 10.2. The van der Waals surface area contributed by atoms with Crippen molar-refractivity contribution in [3.8, 4) is 17.0 Å². The van der Waals surface area contributed by atoms with E-state index >= 15 is 0 Å². The van der Waals surface area contributed by atoms with Crippen molar-refractivity contribution in [2.45, 2.75) is 6.61 Å². The van der Waals surface area contributed by atoms with Crippen LogP contribution in [0.25, 0.3) is 11.3 Å². The zero-order valence-electron chi connectivity index (χ0n) is 8.36. The molecule has 7 heteroatoms. The number of nitrogen functional groups attached to an aromatic ring is 1. The van der Waals surface area contributed by atoms with Gasteiger partial charge in [0.1, 0.15) is 5.75 Å². The van der Waals surface area contributed by atoms with Gasteiger partial charge < -0.3 is 10.5 Å². The van der Waals surface area contributed by atoms with Crippen molar-refractivity contribution in [3.05, 3.63) is 28.6 Å². The smallest absolute Gasteiger partial charge is 0.387 e. The maximum atomic E-state index is 12.0. The molecule has 17 heavy (non-hydrogen) atoms. The van der Waals surface area contributed by atoms with E-state index < -0.39 is 6.61 Å². The molecule has 2 N–H and O–H groups in total. The lowest BCUT2D eigenvalue weighted by molar-refractivity contribution is -0.0497. The van der Waals surface area contributed by atoms with Gasteiger partial charge in [-0.15, -0.1) is 11.3 Å². The summed E-state index contributed by atoms with van der Waals surface area (Å²) in [7, 11) is 0. The number of thiazole rings is 1. The highest BCUT2D eigenvalue weighted by atomic mass is 35.5. The van der Waals surface area contributed by atoms with Gasteiger partial charge in [0.2, 0.25) is 0 Å². The molecule has 0 atom stereocenters. The molecule has 0 fully saturated rings. The maximum Gasteiger partial charge on any atom is 0.387 e. The van der Waals surface area contributed by atoms with Gasteiger partial charge in [-0.2, -0.15) is 8.78 Å². The van der Waals surface area contributed by atoms with Gasteiger partial charge >= 0.3 is 6.61 Å². The van der Waals surface area contributed by atoms with Gasteiger partial charge in [-0.1, -0.05) is 11.6 Å². The lowest BCUT2D eigenvalue weighted by Crippen LogP contribution is -2.02. The summed E-state index contributed by atoms with van der Waals surface area (Å²) in [5.41, 5.74) is 6.85. The molecular formula is C10H7ClF2N2OS. The van der Waals surface area contributed by atoms with Gasteiger partial charge in [-0.25, -0.2) is 4.98 Å². The molecule has 0 bridgehead atoms. The number of aromatic nitrogens is 1. The van der Waals surface area contributed by atoms with E-state index in [1.165, 1.54) is 23.5 Å². The number of nitrogens with two attached hydrogens (primary N) is 1. The standard InChI is InChI=1S/C10H7ClF2N2OS/c11-6-3-5(7-4-17-10(14)15-7)1-2-8(6)16-9(12)13/h1-4,9H,(H2,14,15). The first kappa shape index (κ1) is 12.1. The molecule has 3 nitrogen and oxygen atoms in total. The summed E-state index contributed by atoms with van der Waals surface area (Å²) in [5, 5.41) is 2.30. The summed E-state index contributed by atoms with van der Waals surface area (Å²) in [6.45, 7) is -2.90. The highest BCUT2D eigenvalue weighted by Crippen LogP contribution is 2.32. The Hall–Kier alpha value is -1.40. The van der Waals surface area contributed by atoms with Crippen LogP contribution >= 0.6 is 22.9 Å². The summed E-state index contributed by atoms with van der Waals surface area (Å²) >= 11 is 7.11. The van der Waals surface area contributed by atoms with E-state index in [1.54, 1.807) is 11.4 Å². The minimum Gasteiger partial charge on any atom is -0.433 e. The molecule has 2 aromatic rings. The fourth-order valence-corrected chi connectivity index (χ4v) is 2.07. The fourth-order valence-electron chi connectivity index (χ4n) is 1.27. The molecule has 90 valence electrons. The lowest BCUT2D eigenvalue weighted by Gasteiger charge is -2.07. The number of hydrogen-bond donors (Lipinski definition) is 1. The predicted octanol–water partition coefficient (Wildman–Crippen LogP) is 3.65. The first-order chi connectivity index (χ1) is 8.06. The highest BCUT2D eigenvalue weighted by Gasteiger charge is 2.10. The van der Waals surface area contributed by atoms with Crippen molar-refractivity contribution in [2.24, 2.45) is 0 Å². The van der Waals surface area contributed by atoms with Crippen molar-refractivity contribution in [2.75, 3.05) is 5.73 Å². The third kappa shape index (κ3) is 2.83. The van der Waals surface area contributed by atoms with Crippen LogP contribution in [-0.2, 0) is 0 Å². The number of rotatable bonds is 3. The zero-order chi connectivity index (χ0) is 12.4. The molecule has 0 radical (unpaired) electrons. The van der Waals surface area contributed by atoms with Crippen LogP contribution in [0.2, 0.25) is 5.02 Å². The maximum absolute atomic E-state index is 12.0. The second kappa shape index (κ2) is 4.85. The molecule has 1 aromatic heterocycles. The third-order valence-electron chi connectivity index (χ3n) is 1.97. The van der Waals surface area contributed by atoms with Gasteiger partial charge in [-0.3, -0.25) is 0 Å². The first-order valence-electron chi connectivity index (χ1n) is 4.52. The first-order valence-corrected chi connectivity index (χ1v) is 5.78. The Morgan fingerprint density at radius 3 is 2.71 bits per heavy atom. The number of halogens is 3. The zero-order valence-corrected chi connectivity index (χ0v) is 9.93. The summed E-state index contributed by atoms with van der Waals surface area (Å²) in [6, 6.07) is 4.48. The van der Waals surface area contributed by atoms with E-state index in [2.05, 4.69) is 9.72 Å². The van der Waals surface area contributed by atoms with Crippen LogP contribution in [0.5, 0.6) is 5.75 Å². The molecule has 2 rings (SSSR count). The molecule has 0 unspecified atom stereocenters. The van der Waals surface area contributed by atoms with E-state index in [0.29, 0.717) is 16.4 Å². The number of anilines is 1. The Bertz CT molecular complexity index is 533. The third-order valence-corrected chi connectivity index (χ3v) is 2.93. The van der Waals surface area contributed by atoms with Gasteiger partial charge in [-0.05, 0) is 18.2 Å².